The van der Waals surface area contributed by atoms with Gasteiger partial charge in [0.05, 0.1) is 17.4 Å². The molecule has 0 radical (unpaired) electrons. The molecule has 0 saturated heterocycles. The molecule has 0 aromatic heterocycles. The van der Waals surface area contributed by atoms with E-state index in [1.54, 1.807) is 30.3 Å². The Labute approximate surface area is 218 Å². The molecule has 196 valence electrons. The van der Waals surface area contributed by atoms with Gasteiger partial charge in [0.2, 0.25) is 12.7 Å². The summed E-state index contributed by atoms with van der Waals surface area (Å²) >= 11 is 0. The second-order valence-electron chi connectivity index (χ2n) is 9.57. The molecule has 0 saturated carbocycles. The summed E-state index contributed by atoms with van der Waals surface area (Å²) in [5, 5.41) is 9.59. The zero-order valence-electron chi connectivity index (χ0n) is 21.4. The summed E-state index contributed by atoms with van der Waals surface area (Å²) in [5.41, 5.74) is 4.39. The van der Waals surface area contributed by atoms with Crippen molar-refractivity contribution in [2.24, 2.45) is 0 Å². The van der Waals surface area contributed by atoms with Gasteiger partial charge in [0, 0.05) is 0 Å². The minimum absolute atomic E-state index is 0.0358. The number of ether oxygens (including phenoxy) is 2. The first-order valence-electron chi connectivity index (χ1n) is 12.5. The van der Waals surface area contributed by atoms with Crippen LogP contribution in [0, 0.1) is 0 Å². The van der Waals surface area contributed by atoms with Crippen molar-refractivity contribution >= 4 is 15.9 Å². The normalized spacial score (nSPS) is 13.5. The molecule has 2 N–H and O–H groups in total. The number of hydrogen-bond donors (Lipinski definition) is 2. The van der Waals surface area contributed by atoms with Crippen molar-refractivity contribution in [2.45, 2.75) is 63.4 Å². The van der Waals surface area contributed by atoms with Crippen molar-refractivity contribution in [1.82, 2.24) is 4.72 Å². The van der Waals surface area contributed by atoms with Gasteiger partial charge >= 0.3 is 0 Å². The van der Waals surface area contributed by atoms with Gasteiger partial charge in [-0.05, 0) is 70.8 Å². The Balaban J connectivity index is 1.67. The van der Waals surface area contributed by atoms with Gasteiger partial charge in [0.15, 0.2) is 11.5 Å². The summed E-state index contributed by atoms with van der Waals surface area (Å²) in [4.78, 5) is 13.6. The average molecular weight is 524 g/mol. The van der Waals surface area contributed by atoms with Gasteiger partial charge in [-0.2, -0.15) is 0 Å². The van der Waals surface area contributed by atoms with Crippen LogP contribution in [0.15, 0.2) is 65.6 Å². The zero-order valence-corrected chi connectivity index (χ0v) is 22.2. The standard InChI is InChI=1S/C29H33NO6S/c1-4-5-22-14-20(17-31)6-7-23(22)15-26(24-10-13-27-28(16-24)36-18-35-27)29(32)30-37(33,34)25-11-8-21(9-12-25)19(2)3/h6-14,16,19,26,31H,4-5,15,17-18H2,1-3H3,(H,30,32). The molecule has 1 unspecified atom stereocenters. The molecule has 3 aromatic rings. The van der Waals surface area contributed by atoms with E-state index in [-0.39, 0.29) is 30.6 Å². The highest BCUT2D eigenvalue weighted by Gasteiger charge is 2.29. The number of sulfonamides is 1. The van der Waals surface area contributed by atoms with E-state index in [0.717, 1.165) is 35.1 Å². The molecular formula is C29H33NO6S. The van der Waals surface area contributed by atoms with Gasteiger partial charge in [-0.15, -0.1) is 0 Å². The molecule has 1 amide bonds. The van der Waals surface area contributed by atoms with Crippen LogP contribution in [-0.4, -0.2) is 26.2 Å². The maximum Gasteiger partial charge on any atom is 0.264 e. The number of hydrogen-bond acceptors (Lipinski definition) is 6. The fourth-order valence-corrected chi connectivity index (χ4v) is 5.50. The average Bonchev–Trinajstić information content (AvgIpc) is 3.35. The fourth-order valence-electron chi connectivity index (χ4n) is 4.48. The Bertz CT molecular complexity index is 1370. The Morgan fingerprint density at radius 1 is 0.946 bits per heavy atom. The van der Waals surface area contributed by atoms with Gasteiger partial charge in [-0.3, -0.25) is 4.79 Å². The number of aliphatic hydroxyl groups is 1. The first kappa shape index (κ1) is 26.7. The van der Waals surface area contributed by atoms with Crippen LogP contribution >= 0.6 is 0 Å². The lowest BCUT2D eigenvalue weighted by Crippen LogP contribution is -2.35. The smallest absolute Gasteiger partial charge is 0.264 e. The first-order valence-corrected chi connectivity index (χ1v) is 14.0. The van der Waals surface area contributed by atoms with Gasteiger partial charge in [0.1, 0.15) is 0 Å². The molecule has 7 nitrogen and oxygen atoms in total. The molecule has 4 rings (SSSR count). The minimum Gasteiger partial charge on any atom is -0.454 e. The predicted octanol–water partition coefficient (Wildman–Crippen LogP) is 4.81. The van der Waals surface area contributed by atoms with Crippen LogP contribution in [0.3, 0.4) is 0 Å². The Morgan fingerprint density at radius 3 is 2.32 bits per heavy atom. The highest BCUT2D eigenvalue weighted by atomic mass is 32.2. The number of benzene rings is 3. The van der Waals surface area contributed by atoms with E-state index in [2.05, 4.69) is 11.6 Å². The third-order valence-corrected chi connectivity index (χ3v) is 7.97. The maximum absolute atomic E-state index is 13.6. The van der Waals surface area contributed by atoms with E-state index in [0.29, 0.717) is 17.1 Å². The fraction of sp³-hybridized carbons (Fsp3) is 0.345. The number of amides is 1. The highest BCUT2D eigenvalue weighted by molar-refractivity contribution is 7.90. The summed E-state index contributed by atoms with van der Waals surface area (Å²) < 4.78 is 39.5. The van der Waals surface area contributed by atoms with Crippen LogP contribution in [0.1, 0.15) is 66.8 Å². The molecule has 37 heavy (non-hydrogen) atoms. The van der Waals surface area contributed by atoms with Crippen molar-refractivity contribution < 1.29 is 27.8 Å². The molecule has 1 atom stereocenters. The largest absolute Gasteiger partial charge is 0.454 e. The maximum atomic E-state index is 13.6. The zero-order chi connectivity index (χ0) is 26.6. The monoisotopic (exact) mass is 523 g/mol. The third-order valence-electron chi connectivity index (χ3n) is 6.60. The van der Waals surface area contributed by atoms with E-state index in [1.807, 2.05) is 32.0 Å². The summed E-state index contributed by atoms with van der Waals surface area (Å²) in [7, 11) is -4.08. The third kappa shape index (κ3) is 6.14. The molecule has 1 aliphatic heterocycles. The Kier molecular flexibility index (Phi) is 8.19. The van der Waals surface area contributed by atoms with Gasteiger partial charge in [-0.1, -0.05) is 63.6 Å². The lowest BCUT2D eigenvalue weighted by atomic mass is 9.87. The minimum atomic E-state index is -4.08. The van der Waals surface area contributed by atoms with Gasteiger partial charge in [-0.25, -0.2) is 13.1 Å². The van der Waals surface area contributed by atoms with Crippen molar-refractivity contribution in [1.29, 1.82) is 0 Å². The Hall–Kier alpha value is -3.36. The van der Waals surface area contributed by atoms with E-state index in [4.69, 9.17) is 9.47 Å². The first-order chi connectivity index (χ1) is 17.7. The second kappa shape index (κ2) is 11.4. The van der Waals surface area contributed by atoms with Crippen molar-refractivity contribution in [3.8, 4) is 11.5 Å². The summed E-state index contributed by atoms with van der Waals surface area (Å²) in [5.74, 6) is -0.0573. The molecule has 8 heteroatoms. The number of carbonyl (C=O) groups is 1. The number of rotatable bonds is 10. The topological polar surface area (TPSA) is 102 Å². The Morgan fingerprint density at radius 2 is 1.65 bits per heavy atom. The van der Waals surface area contributed by atoms with Crippen molar-refractivity contribution in [3.63, 3.8) is 0 Å². The summed E-state index contributed by atoms with van der Waals surface area (Å²) in [6.07, 6.45) is 1.96. The molecule has 0 spiro atoms. The molecule has 0 fully saturated rings. The van der Waals surface area contributed by atoms with Crippen LogP contribution in [-0.2, 0) is 34.3 Å². The molecule has 1 heterocycles. The summed E-state index contributed by atoms with van der Waals surface area (Å²) in [6.45, 7) is 6.15. The number of aryl methyl sites for hydroxylation is 1. The second-order valence-corrected chi connectivity index (χ2v) is 11.3. The predicted molar refractivity (Wildman–Crippen MR) is 141 cm³/mol. The highest BCUT2D eigenvalue weighted by Crippen LogP contribution is 2.36. The molecule has 3 aromatic carbocycles. The van der Waals surface area contributed by atoms with Gasteiger partial charge < -0.3 is 14.6 Å². The van der Waals surface area contributed by atoms with Crippen LogP contribution in [0.25, 0.3) is 0 Å². The van der Waals surface area contributed by atoms with E-state index >= 15 is 0 Å². The summed E-state index contributed by atoms with van der Waals surface area (Å²) in [6, 6.07) is 17.5. The van der Waals surface area contributed by atoms with Crippen LogP contribution < -0.4 is 14.2 Å². The van der Waals surface area contributed by atoms with E-state index in [9.17, 15) is 18.3 Å². The van der Waals surface area contributed by atoms with Gasteiger partial charge in [0.25, 0.3) is 10.0 Å². The number of fused-ring (bicyclic) bond motifs is 1. The quantitative estimate of drug-likeness (QED) is 0.395. The molecular weight excluding hydrogens is 490 g/mol. The van der Waals surface area contributed by atoms with Crippen LogP contribution in [0.2, 0.25) is 0 Å². The molecule has 0 aliphatic carbocycles. The number of aliphatic hydroxyl groups excluding tert-OH is 1. The SMILES string of the molecule is CCCc1cc(CO)ccc1CC(C(=O)NS(=O)(=O)c1ccc(C(C)C)cc1)c1ccc2c(c1)OCO2. The van der Waals surface area contributed by atoms with E-state index in [1.165, 1.54) is 12.1 Å². The molecule has 0 bridgehead atoms. The van der Waals surface area contributed by atoms with Crippen molar-refractivity contribution in [3.05, 3.63) is 88.5 Å². The number of carbonyl (C=O) groups excluding carboxylic acids is 1. The van der Waals surface area contributed by atoms with Crippen LogP contribution in [0.5, 0.6) is 11.5 Å². The van der Waals surface area contributed by atoms with Crippen molar-refractivity contribution in [2.75, 3.05) is 6.79 Å². The molecule has 1 aliphatic rings. The lowest BCUT2D eigenvalue weighted by Gasteiger charge is -2.20. The lowest BCUT2D eigenvalue weighted by molar-refractivity contribution is -0.120. The van der Waals surface area contributed by atoms with Crippen LogP contribution in [0.4, 0.5) is 0 Å². The van der Waals surface area contributed by atoms with E-state index < -0.39 is 21.8 Å². The number of nitrogens with one attached hydrogen (secondary N) is 1.